The molecule has 0 spiro atoms. The van der Waals surface area contributed by atoms with Crippen LogP contribution in [0.3, 0.4) is 0 Å². The van der Waals surface area contributed by atoms with Gasteiger partial charge in [0.05, 0.1) is 0 Å². The van der Waals surface area contributed by atoms with Crippen LogP contribution in [0.15, 0.2) is 30.3 Å². The second-order valence-corrected chi connectivity index (χ2v) is 4.86. The zero-order valence-corrected chi connectivity index (χ0v) is 10.2. The van der Waals surface area contributed by atoms with E-state index in [4.69, 9.17) is 5.11 Å². The Morgan fingerprint density at radius 1 is 1.31 bits per heavy atom. The molecule has 86 valence electrons. The molecule has 1 atom stereocenters. The molecule has 1 N–H and O–H groups in total. The molecular formula is C11H12O3S2. The van der Waals surface area contributed by atoms with Crippen molar-refractivity contribution in [2.45, 2.75) is 17.4 Å². The molecule has 1 aromatic rings. The molecule has 1 rings (SSSR count). The van der Waals surface area contributed by atoms with Gasteiger partial charge in [0.15, 0.2) is 5.12 Å². The van der Waals surface area contributed by atoms with E-state index < -0.39 is 11.2 Å². The molecule has 0 aliphatic heterocycles. The number of hydrogen-bond acceptors (Lipinski definition) is 4. The number of carbonyl (C=O) groups excluding carboxylic acids is 1. The first-order valence-corrected chi connectivity index (χ1v) is 6.20. The third-order valence-electron chi connectivity index (χ3n) is 1.89. The monoisotopic (exact) mass is 256 g/mol. The van der Waals surface area contributed by atoms with Crippen molar-refractivity contribution >= 4 is 35.5 Å². The molecule has 5 heteroatoms. The molecule has 0 heterocycles. The van der Waals surface area contributed by atoms with Gasteiger partial charge in [-0.05, 0) is 5.56 Å². The summed E-state index contributed by atoms with van der Waals surface area (Å²) in [6.07, 6.45) is -0.0457. The molecule has 16 heavy (non-hydrogen) atoms. The van der Waals surface area contributed by atoms with Crippen LogP contribution in [0.5, 0.6) is 0 Å². The molecule has 0 fully saturated rings. The van der Waals surface area contributed by atoms with E-state index in [-0.39, 0.29) is 11.5 Å². The minimum absolute atomic E-state index is 0.0457. The van der Waals surface area contributed by atoms with Crippen molar-refractivity contribution in [2.75, 3.05) is 0 Å². The molecule has 0 aliphatic rings. The predicted molar refractivity (Wildman–Crippen MR) is 67.8 cm³/mol. The summed E-state index contributed by atoms with van der Waals surface area (Å²) in [6.45, 7) is 0. The highest BCUT2D eigenvalue weighted by Crippen LogP contribution is 2.16. The highest BCUT2D eigenvalue weighted by Gasteiger charge is 2.16. The largest absolute Gasteiger partial charge is 0.480 e. The standard InChI is InChI=1S/C11H12O3S2/c12-10(6-9(15)11(13)14)16-7-8-4-2-1-3-5-8/h1-5,9,15H,6-7H2,(H,13,14). The Labute approximate surface area is 104 Å². The molecule has 0 aliphatic carbocycles. The summed E-state index contributed by atoms with van der Waals surface area (Å²) < 4.78 is 0. The van der Waals surface area contributed by atoms with Gasteiger partial charge in [0.1, 0.15) is 5.25 Å². The Kier molecular flexibility index (Phi) is 5.42. The number of carbonyl (C=O) groups is 2. The minimum atomic E-state index is -1.06. The predicted octanol–water partition coefficient (Wildman–Crippen LogP) is 2.22. The van der Waals surface area contributed by atoms with E-state index in [1.165, 1.54) is 0 Å². The summed E-state index contributed by atoms with van der Waals surface area (Å²) >= 11 is 4.93. The number of aliphatic carboxylic acids is 1. The van der Waals surface area contributed by atoms with E-state index in [2.05, 4.69) is 12.6 Å². The van der Waals surface area contributed by atoms with Crippen molar-refractivity contribution in [2.24, 2.45) is 0 Å². The number of carboxylic acid groups (broad SMARTS) is 1. The van der Waals surface area contributed by atoms with Crippen LogP contribution in [-0.4, -0.2) is 21.4 Å². The fraction of sp³-hybridized carbons (Fsp3) is 0.273. The van der Waals surface area contributed by atoms with E-state index in [0.29, 0.717) is 5.75 Å². The lowest BCUT2D eigenvalue weighted by molar-refractivity contribution is -0.137. The maximum atomic E-state index is 11.4. The van der Waals surface area contributed by atoms with Gasteiger partial charge in [-0.1, -0.05) is 42.1 Å². The van der Waals surface area contributed by atoms with Crippen molar-refractivity contribution in [3.8, 4) is 0 Å². The summed E-state index contributed by atoms with van der Waals surface area (Å²) in [5.41, 5.74) is 1.05. The third-order valence-corrected chi connectivity index (χ3v) is 3.26. The van der Waals surface area contributed by atoms with Crippen LogP contribution < -0.4 is 0 Å². The molecule has 0 radical (unpaired) electrons. The Morgan fingerprint density at radius 3 is 2.50 bits per heavy atom. The topological polar surface area (TPSA) is 54.4 Å². The van der Waals surface area contributed by atoms with Gasteiger partial charge in [-0.15, -0.1) is 0 Å². The van der Waals surface area contributed by atoms with E-state index >= 15 is 0 Å². The number of carboxylic acids is 1. The van der Waals surface area contributed by atoms with Gasteiger partial charge in [0.25, 0.3) is 0 Å². The SMILES string of the molecule is O=C(CC(S)C(=O)O)SCc1ccccc1. The van der Waals surface area contributed by atoms with Crippen LogP contribution in [0.4, 0.5) is 0 Å². The maximum absolute atomic E-state index is 11.4. The quantitative estimate of drug-likeness (QED) is 0.793. The maximum Gasteiger partial charge on any atom is 0.316 e. The molecule has 1 aromatic carbocycles. The van der Waals surface area contributed by atoms with E-state index in [9.17, 15) is 9.59 Å². The molecule has 0 aromatic heterocycles. The van der Waals surface area contributed by atoms with Crippen LogP contribution in [0.25, 0.3) is 0 Å². The Hall–Kier alpha value is -0.940. The summed E-state index contributed by atoms with van der Waals surface area (Å²) in [7, 11) is 0. The van der Waals surface area contributed by atoms with Gasteiger partial charge in [-0.3, -0.25) is 9.59 Å². The molecule has 0 amide bonds. The summed E-state index contributed by atoms with van der Waals surface area (Å²) in [4.78, 5) is 21.9. The number of rotatable bonds is 5. The van der Waals surface area contributed by atoms with E-state index in [1.54, 1.807) is 0 Å². The molecule has 1 unspecified atom stereocenters. The van der Waals surface area contributed by atoms with Crippen LogP contribution in [0, 0.1) is 0 Å². The van der Waals surface area contributed by atoms with Crippen LogP contribution in [-0.2, 0) is 15.3 Å². The first kappa shape index (κ1) is 13.1. The highest BCUT2D eigenvalue weighted by molar-refractivity contribution is 8.13. The molecule has 0 saturated heterocycles. The van der Waals surface area contributed by atoms with Crippen molar-refractivity contribution in [1.82, 2.24) is 0 Å². The lowest BCUT2D eigenvalue weighted by Gasteiger charge is -2.04. The molecule has 0 bridgehead atoms. The lowest BCUT2D eigenvalue weighted by Crippen LogP contribution is -2.16. The number of benzene rings is 1. The number of thioether (sulfide) groups is 1. The fourth-order valence-electron chi connectivity index (χ4n) is 1.04. The van der Waals surface area contributed by atoms with Gasteiger partial charge in [0.2, 0.25) is 0 Å². The van der Waals surface area contributed by atoms with Gasteiger partial charge in [-0.25, -0.2) is 0 Å². The average Bonchev–Trinajstić information content (AvgIpc) is 2.27. The van der Waals surface area contributed by atoms with Crippen LogP contribution in [0.2, 0.25) is 0 Å². The zero-order chi connectivity index (χ0) is 12.0. The van der Waals surface area contributed by atoms with Gasteiger partial charge in [-0.2, -0.15) is 12.6 Å². The molecular weight excluding hydrogens is 244 g/mol. The highest BCUT2D eigenvalue weighted by atomic mass is 32.2. The smallest absolute Gasteiger partial charge is 0.316 e. The van der Waals surface area contributed by atoms with E-state index in [0.717, 1.165) is 17.3 Å². The van der Waals surface area contributed by atoms with Crippen LogP contribution in [0.1, 0.15) is 12.0 Å². The van der Waals surface area contributed by atoms with Crippen molar-refractivity contribution in [3.05, 3.63) is 35.9 Å². The Bertz CT molecular complexity index is 365. The van der Waals surface area contributed by atoms with Crippen molar-refractivity contribution in [1.29, 1.82) is 0 Å². The van der Waals surface area contributed by atoms with Crippen molar-refractivity contribution < 1.29 is 14.7 Å². The second-order valence-electron chi connectivity index (χ2n) is 3.20. The Morgan fingerprint density at radius 2 is 1.94 bits per heavy atom. The fourth-order valence-corrected chi connectivity index (χ4v) is 2.14. The minimum Gasteiger partial charge on any atom is -0.480 e. The molecule has 0 saturated carbocycles. The van der Waals surface area contributed by atoms with Gasteiger partial charge in [0, 0.05) is 12.2 Å². The summed E-state index contributed by atoms with van der Waals surface area (Å²) in [5, 5.41) is 7.52. The number of hydrogen-bond donors (Lipinski definition) is 2. The normalized spacial score (nSPS) is 12.1. The number of thiol groups is 1. The van der Waals surface area contributed by atoms with Gasteiger partial charge < -0.3 is 5.11 Å². The van der Waals surface area contributed by atoms with Crippen molar-refractivity contribution in [3.63, 3.8) is 0 Å². The third kappa shape index (κ3) is 4.72. The summed E-state index contributed by atoms with van der Waals surface area (Å²) in [5.74, 6) is -0.489. The average molecular weight is 256 g/mol. The van der Waals surface area contributed by atoms with Crippen LogP contribution >= 0.6 is 24.4 Å². The first-order valence-electron chi connectivity index (χ1n) is 4.70. The van der Waals surface area contributed by atoms with Gasteiger partial charge >= 0.3 is 5.97 Å². The second kappa shape index (κ2) is 6.60. The zero-order valence-electron chi connectivity index (χ0n) is 8.50. The first-order chi connectivity index (χ1) is 7.59. The lowest BCUT2D eigenvalue weighted by atomic mass is 10.2. The Balaban J connectivity index is 2.33. The van der Waals surface area contributed by atoms with E-state index in [1.807, 2.05) is 30.3 Å². The summed E-state index contributed by atoms with van der Waals surface area (Å²) in [6, 6.07) is 9.56. The molecule has 3 nitrogen and oxygen atoms in total.